The summed E-state index contributed by atoms with van der Waals surface area (Å²) in [5.74, 6) is -0.300. The molecule has 2 aliphatic rings. The first kappa shape index (κ1) is 24.7. The predicted octanol–water partition coefficient (Wildman–Crippen LogP) is 7.51. The zero-order valence-corrected chi connectivity index (χ0v) is 21.4. The molecule has 2 fully saturated rings. The van der Waals surface area contributed by atoms with E-state index in [-0.39, 0.29) is 35.5 Å². The molecule has 0 amide bonds. The maximum absolute atomic E-state index is 10.1. The van der Waals surface area contributed by atoms with Crippen LogP contribution in [0.1, 0.15) is 66.2 Å². The first-order valence-corrected chi connectivity index (χ1v) is 13.7. The molecule has 4 aromatic carbocycles. The second-order valence-corrected chi connectivity index (χ2v) is 10.6. The molecule has 4 aromatic rings. The minimum atomic E-state index is -0.610. The van der Waals surface area contributed by atoms with Crippen LogP contribution in [0.5, 0.6) is 11.5 Å². The third kappa shape index (κ3) is 4.94. The largest absolute Gasteiger partial charge is 0.508 e. The van der Waals surface area contributed by atoms with Crippen LogP contribution >= 0.6 is 0 Å². The van der Waals surface area contributed by atoms with Gasteiger partial charge in [-0.05, 0) is 59.4 Å². The van der Waals surface area contributed by atoms with Gasteiger partial charge in [-0.1, -0.05) is 91.3 Å². The number of hydrogen-bond donors (Lipinski definition) is 2. The SMILES string of the molecule is Oc1ccc([C@H](c2ccccc2)[C@@H]2OC3(CCCCC3)O[C@H]2[C@@H](c2ccccc2)c2ccc(O)cc2)cc1. The molecule has 6 rings (SSSR count). The van der Waals surface area contributed by atoms with Crippen LogP contribution < -0.4 is 0 Å². The summed E-state index contributed by atoms with van der Waals surface area (Å²) >= 11 is 0. The van der Waals surface area contributed by atoms with Gasteiger partial charge in [-0.2, -0.15) is 0 Å². The first-order valence-electron chi connectivity index (χ1n) is 13.7. The van der Waals surface area contributed by atoms with Crippen LogP contribution in [0.2, 0.25) is 0 Å². The Balaban J connectivity index is 1.51. The Bertz CT molecular complexity index is 1210. The molecule has 194 valence electrons. The van der Waals surface area contributed by atoms with Crippen LogP contribution in [0.15, 0.2) is 109 Å². The van der Waals surface area contributed by atoms with Gasteiger partial charge in [0.15, 0.2) is 5.79 Å². The smallest absolute Gasteiger partial charge is 0.169 e. The minimum absolute atomic E-state index is 0.0913. The lowest BCUT2D eigenvalue weighted by Gasteiger charge is -2.33. The van der Waals surface area contributed by atoms with E-state index in [9.17, 15) is 10.2 Å². The van der Waals surface area contributed by atoms with Crippen molar-refractivity contribution in [3.63, 3.8) is 0 Å². The third-order valence-electron chi connectivity index (χ3n) is 8.12. The van der Waals surface area contributed by atoms with Gasteiger partial charge in [0.1, 0.15) is 11.5 Å². The van der Waals surface area contributed by atoms with E-state index in [1.54, 1.807) is 24.3 Å². The van der Waals surface area contributed by atoms with Crippen molar-refractivity contribution in [3.05, 3.63) is 131 Å². The highest BCUT2D eigenvalue weighted by atomic mass is 16.8. The second kappa shape index (κ2) is 10.6. The summed E-state index contributed by atoms with van der Waals surface area (Å²) < 4.78 is 14.2. The van der Waals surface area contributed by atoms with Crippen molar-refractivity contribution in [2.45, 2.75) is 61.9 Å². The Labute approximate surface area is 224 Å². The summed E-state index contributed by atoms with van der Waals surface area (Å²) in [4.78, 5) is 0. The zero-order chi connectivity index (χ0) is 26.0. The van der Waals surface area contributed by atoms with Gasteiger partial charge >= 0.3 is 0 Å². The van der Waals surface area contributed by atoms with Gasteiger partial charge in [-0.3, -0.25) is 0 Å². The lowest BCUT2D eigenvalue weighted by atomic mass is 9.77. The van der Waals surface area contributed by atoms with Crippen LogP contribution in [-0.4, -0.2) is 28.2 Å². The molecule has 0 radical (unpaired) electrons. The number of phenolic OH excluding ortho intramolecular Hbond substituents is 2. The van der Waals surface area contributed by atoms with Gasteiger partial charge in [-0.25, -0.2) is 0 Å². The number of benzene rings is 4. The molecule has 1 spiro atoms. The summed E-state index contributed by atoms with van der Waals surface area (Å²) in [5.41, 5.74) is 4.47. The van der Waals surface area contributed by atoms with E-state index in [0.717, 1.165) is 47.9 Å². The molecule has 2 N–H and O–H groups in total. The van der Waals surface area contributed by atoms with Crippen LogP contribution in [0.4, 0.5) is 0 Å². The summed E-state index contributed by atoms with van der Waals surface area (Å²) in [6.07, 6.45) is 4.61. The van der Waals surface area contributed by atoms with Gasteiger partial charge < -0.3 is 19.7 Å². The Morgan fingerprint density at radius 1 is 0.500 bits per heavy atom. The van der Waals surface area contributed by atoms with Crippen molar-refractivity contribution in [2.24, 2.45) is 0 Å². The maximum Gasteiger partial charge on any atom is 0.169 e. The average molecular weight is 507 g/mol. The molecular weight excluding hydrogens is 472 g/mol. The second-order valence-electron chi connectivity index (χ2n) is 10.6. The lowest BCUT2D eigenvalue weighted by Crippen LogP contribution is -2.35. The van der Waals surface area contributed by atoms with Crippen LogP contribution in [0.25, 0.3) is 0 Å². The van der Waals surface area contributed by atoms with E-state index >= 15 is 0 Å². The molecule has 4 heteroatoms. The fourth-order valence-corrected chi connectivity index (χ4v) is 6.33. The highest BCUT2D eigenvalue weighted by Gasteiger charge is 2.53. The molecule has 1 heterocycles. The van der Waals surface area contributed by atoms with E-state index < -0.39 is 5.79 Å². The van der Waals surface area contributed by atoms with Gasteiger partial charge in [0.25, 0.3) is 0 Å². The molecule has 4 nitrogen and oxygen atoms in total. The van der Waals surface area contributed by atoms with Crippen LogP contribution in [-0.2, 0) is 9.47 Å². The zero-order valence-electron chi connectivity index (χ0n) is 21.4. The molecule has 0 bridgehead atoms. The molecular formula is C34H34O4. The van der Waals surface area contributed by atoms with Crippen LogP contribution in [0, 0.1) is 0 Å². The molecule has 1 aliphatic carbocycles. The monoisotopic (exact) mass is 506 g/mol. The van der Waals surface area contributed by atoms with Crippen molar-refractivity contribution in [1.82, 2.24) is 0 Å². The van der Waals surface area contributed by atoms with E-state index in [1.165, 1.54) is 6.42 Å². The number of aromatic hydroxyl groups is 2. The summed E-state index contributed by atoms with van der Waals surface area (Å²) in [7, 11) is 0. The number of ether oxygens (including phenoxy) is 2. The average Bonchev–Trinajstić information content (AvgIpc) is 3.30. The topological polar surface area (TPSA) is 58.9 Å². The number of rotatable bonds is 6. The Hall–Kier alpha value is -3.60. The van der Waals surface area contributed by atoms with E-state index in [1.807, 2.05) is 36.4 Å². The maximum atomic E-state index is 10.1. The highest BCUT2D eigenvalue weighted by molar-refractivity contribution is 5.41. The lowest BCUT2D eigenvalue weighted by molar-refractivity contribution is -0.195. The molecule has 38 heavy (non-hydrogen) atoms. The summed E-state index contributed by atoms with van der Waals surface area (Å²) in [6.45, 7) is 0. The third-order valence-corrected chi connectivity index (χ3v) is 8.12. The van der Waals surface area contributed by atoms with Crippen LogP contribution in [0.3, 0.4) is 0 Å². The van der Waals surface area contributed by atoms with E-state index in [0.29, 0.717) is 0 Å². The molecule has 0 aromatic heterocycles. The molecule has 1 saturated heterocycles. The van der Waals surface area contributed by atoms with E-state index in [2.05, 4.69) is 48.5 Å². The van der Waals surface area contributed by atoms with Gasteiger partial charge in [0.05, 0.1) is 12.2 Å². The van der Waals surface area contributed by atoms with Crippen molar-refractivity contribution in [3.8, 4) is 11.5 Å². The van der Waals surface area contributed by atoms with Gasteiger partial charge in [0, 0.05) is 24.7 Å². The fourth-order valence-electron chi connectivity index (χ4n) is 6.33. The minimum Gasteiger partial charge on any atom is -0.508 e. The normalized spacial score (nSPS) is 22.2. The highest BCUT2D eigenvalue weighted by Crippen LogP contribution is 2.50. The quantitative estimate of drug-likeness (QED) is 0.284. The van der Waals surface area contributed by atoms with Gasteiger partial charge in [-0.15, -0.1) is 0 Å². The first-order chi connectivity index (χ1) is 18.6. The predicted molar refractivity (Wildman–Crippen MR) is 148 cm³/mol. The number of phenols is 2. The molecule has 4 atom stereocenters. The standard InChI is InChI=1S/C34H34O4/c35-28-18-14-26(15-19-28)30(24-10-4-1-5-11-24)32-33(38-34(37-32)22-8-3-9-23-34)31(25-12-6-2-7-13-25)27-16-20-29(36)21-17-27/h1-2,4-7,10-21,30-33,35-36H,3,8-9,22-23H2/t30-,31-,32-,33-/m0/s1. The summed E-state index contributed by atoms with van der Waals surface area (Å²) in [5, 5.41) is 20.1. The van der Waals surface area contributed by atoms with Gasteiger partial charge in [0.2, 0.25) is 0 Å². The van der Waals surface area contributed by atoms with Crippen molar-refractivity contribution < 1.29 is 19.7 Å². The van der Waals surface area contributed by atoms with Crippen molar-refractivity contribution in [1.29, 1.82) is 0 Å². The molecule has 1 saturated carbocycles. The number of hydrogen-bond acceptors (Lipinski definition) is 4. The molecule has 0 unspecified atom stereocenters. The Kier molecular flexibility index (Phi) is 6.92. The Morgan fingerprint density at radius 2 is 0.868 bits per heavy atom. The van der Waals surface area contributed by atoms with Crippen molar-refractivity contribution in [2.75, 3.05) is 0 Å². The Morgan fingerprint density at radius 3 is 1.26 bits per heavy atom. The summed E-state index contributed by atoms with van der Waals surface area (Å²) in [6, 6.07) is 36.0. The van der Waals surface area contributed by atoms with Crippen molar-refractivity contribution >= 4 is 0 Å². The molecule has 1 aliphatic heterocycles. The fraction of sp³-hybridized carbons (Fsp3) is 0.294. The van der Waals surface area contributed by atoms with E-state index in [4.69, 9.17) is 9.47 Å².